The number of fused-ring (bicyclic) bond motifs is 4. The number of benzene rings is 1. The average Bonchev–Trinajstić information content (AvgIpc) is 3.52. The van der Waals surface area contributed by atoms with E-state index in [4.69, 9.17) is 37.9 Å². The second-order valence-corrected chi connectivity index (χ2v) is 19.0. The fourth-order valence-electron chi connectivity index (χ4n) is 10.4. The van der Waals surface area contributed by atoms with Crippen molar-refractivity contribution >= 4 is 41.9 Å². The predicted octanol–water partition coefficient (Wildman–Crippen LogP) is 3.66. The number of rotatable bonds is 10. The Morgan fingerprint density at radius 3 is 2.16 bits per heavy atom. The Kier molecular flexibility index (Phi) is 12.2. The molecule has 18 heteroatoms. The zero-order valence-electron chi connectivity index (χ0n) is 36.8. The molecule has 12 atom stereocenters. The van der Waals surface area contributed by atoms with Gasteiger partial charge in [-0.1, -0.05) is 45.9 Å². The Bertz CT molecular complexity index is 2040. The summed E-state index contributed by atoms with van der Waals surface area (Å²) in [6, 6.07) is 6.47. The van der Waals surface area contributed by atoms with Crippen LogP contribution in [0.2, 0.25) is 0 Å². The first-order valence-corrected chi connectivity index (χ1v) is 20.7. The van der Waals surface area contributed by atoms with Crippen molar-refractivity contribution in [3.8, 4) is 0 Å². The monoisotopic (exact) mass is 871 g/mol. The van der Waals surface area contributed by atoms with E-state index in [0.29, 0.717) is 0 Å². The smallest absolute Gasteiger partial charge is 0.454 e. The number of ether oxygens (including phenoxy) is 8. The summed E-state index contributed by atoms with van der Waals surface area (Å²) in [5, 5.41) is 26.3. The molecule has 2 bridgehead atoms. The van der Waals surface area contributed by atoms with Gasteiger partial charge >= 0.3 is 36.1 Å². The van der Waals surface area contributed by atoms with Crippen LogP contribution in [0.5, 0.6) is 0 Å². The van der Waals surface area contributed by atoms with Crippen molar-refractivity contribution in [3.63, 3.8) is 0 Å². The third-order valence-electron chi connectivity index (χ3n) is 12.9. The van der Waals surface area contributed by atoms with Gasteiger partial charge in [0.1, 0.15) is 11.7 Å². The standard InChI is InChI=1S/C44H57NO17/c1-20(2)17-25(45-38(53)61-40(6,7)8)29(49)37(52)57-30-21(3)28-31(56-22(4)46)33(50)42(11)26(48)18-27-43(19-55-27,60-23(5)47)32(42)35(58-36(51)24-15-13-12-14-16-24)44(41(28,9)10)34(30)59-39(54)62-44/h12-16,20,25-27,29-32,34-35,48-49H,17-19H2,1-11H3,(H,45,53)/t25-,26+,27+,29+,30+,31+,32?,34-,35?,42+,43-,44+/m0/s1. The molecule has 1 aromatic rings. The third kappa shape index (κ3) is 7.61. The molecule has 3 N–H and O–H groups in total. The molecule has 2 saturated heterocycles. The highest BCUT2D eigenvalue weighted by atomic mass is 16.8. The van der Waals surface area contributed by atoms with Gasteiger partial charge in [-0.05, 0) is 70.2 Å². The van der Waals surface area contributed by atoms with E-state index in [1.807, 2.05) is 0 Å². The summed E-state index contributed by atoms with van der Waals surface area (Å²) >= 11 is 0. The second-order valence-electron chi connectivity index (χ2n) is 19.0. The average molecular weight is 872 g/mol. The molecule has 1 aromatic carbocycles. The topological polar surface area (TPSA) is 246 Å². The lowest BCUT2D eigenvalue weighted by Crippen LogP contribution is -2.83. The van der Waals surface area contributed by atoms with E-state index in [0.717, 1.165) is 13.8 Å². The molecule has 2 aliphatic heterocycles. The van der Waals surface area contributed by atoms with Crippen molar-refractivity contribution in [2.45, 2.75) is 155 Å². The highest BCUT2D eigenvalue weighted by Gasteiger charge is 2.83. The number of aliphatic hydroxyl groups is 2. The van der Waals surface area contributed by atoms with E-state index in [-0.39, 0.29) is 42.1 Å². The maximum Gasteiger partial charge on any atom is 0.509 e. The van der Waals surface area contributed by atoms with Crippen molar-refractivity contribution in [1.29, 1.82) is 0 Å². The highest BCUT2D eigenvalue weighted by molar-refractivity contribution is 5.96. The molecule has 4 fully saturated rings. The first kappa shape index (κ1) is 46.4. The Morgan fingerprint density at radius 1 is 0.968 bits per heavy atom. The van der Waals surface area contributed by atoms with E-state index >= 15 is 4.79 Å². The fourth-order valence-corrected chi connectivity index (χ4v) is 10.4. The van der Waals surface area contributed by atoms with Crippen LogP contribution in [-0.2, 0) is 57.1 Å². The number of esters is 4. The number of nitrogens with one attached hydrogen (secondary N) is 1. The summed E-state index contributed by atoms with van der Waals surface area (Å²) in [6.45, 7) is 16.2. The quantitative estimate of drug-likeness (QED) is 0.173. The molecule has 1 amide bonds. The first-order chi connectivity index (χ1) is 28.7. The molecule has 6 rings (SSSR count). The van der Waals surface area contributed by atoms with E-state index in [9.17, 15) is 39.0 Å². The second kappa shape index (κ2) is 16.2. The molecule has 62 heavy (non-hydrogen) atoms. The summed E-state index contributed by atoms with van der Waals surface area (Å²) in [5.41, 5.74) is -8.99. The number of carbonyl (C=O) groups excluding carboxylic acids is 7. The van der Waals surface area contributed by atoms with Gasteiger partial charge in [-0.15, -0.1) is 0 Å². The van der Waals surface area contributed by atoms with Crippen LogP contribution in [0.1, 0.15) is 99.4 Å². The van der Waals surface area contributed by atoms with Gasteiger partial charge in [-0.2, -0.15) is 0 Å². The lowest BCUT2D eigenvalue weighted by atomic mass is 9.44. The van der Waals surface area contributed by atoms with Crippen LogP contribution < -0.4 is 5.32 Å². The summed E-state index contributed by atoms with van der Waals surface area (Å²) in [5.74, 6) is -6.73. The minimum Gasteiger partial charge on any atom is -0.454 e. The molecule has 2 saturated carbocycles. The van der Waals surface area contributed by atoms with Gasteiger partial charge in [0.2, 0.25) is 5.60 Å². The lowest BCUT2D eigenvalue weighted by molar-refractivity contribution is -0.345. The van der Waals surface area contributed by atoms with Crippen molar-refractivity contribution < 1.29 is 81.7 Å². The Labute approximate surface area is 359 Å². The molecular weight excluding hydrogens is 814 g/mol. The van der Waals surface area contributed by atoms with Crippen LogP contribution in [0.3, 0.4) is 0 Å². The van der Waals surface area contributed by atoms with Gasteiger partial charge in [-0.25, -0.2) is 19.2 Å². The third-order valence-corrected chi connectivity index (χ3v) is 12.9. The zero-order valence-corrected chi connectivity index (χ0v) is 36.8. The van der Waals surface area contributed by atoms with E-state index in [2.05, 4.69) is 5.32 Å². The minimum absolute atomic E-state index is 0.0261. The van der Waals surface area contributed by atoms with Crippen LogP contribution in [-0.4, -0.2) is 124 Å². The van der Waals surface area contributed by atoms with Crippen LogP contribution >= 0.6 is 0 Å². The molecule has 18 nitrogen and oxygen atoms in total. The molecule has 3 aliphatic carbocycles. The van der Waals surface area contributed by atoms with E-state index in [1.54, 1.807) is 66.7 Å². The number of alkyl carbamates (subject to hydrolysis) is 1. The van der Waals surface area contributed by atoms with Gasteiger partial charge < -0.3 is 53.4 Å². The number of carbonyl (C=O) groups is 7. The van der Waals surface area contributed by atoms with Crippen molar-refractivity contribution in [3.05, 3.63) is 47.0 Å². The zero-order chi connectivity index (χ0) is 46.1. The van der Waals surface area contributed by atoms with Gasteiger partial charge in [0.15, 0.2) is 41.9 Å². The van der Waals surface area contributed by atoms with Crippen molar-refractivity contribution in [2.75, 3.05) is 6.61 Å². The lowest BCUT2D eigenvalue weighted by Gasteiger charge is -2.67. The van der Waals surface area contributed by atoms with Crippen LogP contribution in [0.15, 0.2) is 41.5 Å². The number of Topliss-reactive ketones (excluding diaryl/α,β-unsaturated/α-hetero) is 1. The van der Waals surface area contributed by atoms with Gasteiger partial charge in [-0.3, -0.25) is 14.4 Å². The summed E-state index contributed by atoms with van der Waals surface area (Å²) in [6.07, 6.45) is -14.5. The van der Waals surface area contributed by atoms with Gasteiger partial charge in [0, 0.05) is 25.7 Å². The molecule has 0 radical (unpaired) electrons. The Balaban J connectivity index is 1.61. The molecular formula is C44H57NO17. The van der Waals surface area contributed by atoms with Crippen LogP contribution in [0.4, 0.5) is 9.59 Å². The van der Waals surface area contributed by atoms with E-state index in [1.165, 1.54) is 26.0 Å². The predicted molar refractivity (Wildman–Crippen MR) is 212 cm³/mol. The summed E-state index contributed by atoms with van der Waals surface area (Å²) < 4.78 is 48.1. The minimum atomic E-state index is -2.36. The number of aliphatic hydroxyl groups excluding tert-OH is 2. The highest BCUT2D eigenvalue weighted by Crippen LogP contribution is 2.67. The fraction of sp³-hybridized carbons (Fsp3) is 0.659. The number of hydrogen-bond donors (Lipinski definition) is 3. The van der Waals surface area contributed by atoms with Crippen molar-refractivity contribution in [2.24, 2.45) is 22.7 Å². The van der Waals surface area contributed by atoms with Crippen LogP contribution in [0.25, 0.3) is 0 Å². The summed E-state index contributed by atoms with van der Waals surface area (Å²) in [4.78, 5) is 97.3. The Hall–Kier alpha value is -5.07. The number of ketones is 1. The van der Waals surface area contributed by atoms with Gasteiger partial charge in [0.25, 0.3) is 0 Å². The molecule has 2 unspecified atom stereocenters. The molecule has 1 spiro atoms. The normalized spacial score (nSPS) is 34.2. The Morgan fingerprint density at radius 2 is 1.61 bits per heavy atom. The SMILES string of the molecule is CC(=O)O[C@H]1C(=O)[C@@]2(C)C(C(OC(=O)c3ccccc3)[C@]34OC(=O)O[C@H]3[C@H](OC(=O)[C@H](O)[C@H](CC(C)C)NC(=O)OC(C)(C)C)C(C)=C1C4(C)C)[C@]1(OC(C)=O)CO[C@@H]1C[C@H]2O. The van der Waals surface area contributed by atoms with Gasteiger partial charge in [0.05, 0.1) is 35.6 Å². The summed E-state index contributed by atoms with van der Waals surface area (Å²) in [7, 11) is 0. The maximum atomic E-state index is 15.6. The first-order valence-electron chi connectivity index (χ1n) is 20.7. The maximum absolute atomic E-state index is 15.6. The number of amides is 1. The number of hydrogen-bond acceptors (Lipinski definition) is 17. The molecule has 340 valence electrons. The van der Waals surface area contributed by atoms with Crippen LogP contribution in [0, 0.1) is 22.7 Å². The van der Waals surface area contributed by atoms with E-state index < -0.39 is 124 Å². The molecule has 0 aromatic heterocycles. The largest absolute Gasteiger partial charge is 0.509 e. The molecule has 2 heterocycles. The van der Waals surface area contributed by atoms with Crippen molar-refractivity contribution in [1.82, 2.24) is 5.32 Å². The molecule has 5 aliphatic rings.